The average Bonchev–Trinajstić information content (AvgIpc) is 3.13. The number of hydrogen-bond acceptors (Lipinski definition) is 5. The lowest BCUT2D eigenvalue weighted by Crippen LogP contribution is -2.15. The van der Waals surface area contributed by atoms with Gasteiger partial charge in [0.15, 0.2) is 0 Å². The van der Waals surface area contributed by atoms with E-state index in [9.17, 15) is 13.2 Å². The number of aromatic nitrogens is 3. The molecule has 0 atom stereocenters. The fourth-order valence-corrected chi connectivity index (χ4v) is 3.66. The Morgan fingerprint density at radius 2 is 1.64 bits per heavy atom. The molecule has 0 aliphatic rings. The SMILES string of the molecule is O=C(Nc1ccc(S(=O)(=O)Nc2ncccn2)cc1)c1c[nH]c2ccccc12. The molecule has 0 fully saturated rings. The van der Waals surface area contributed by atoms with Crippen molar-refractivity contribution in [1.29, 1.82) is 0 Å². The highest BCUT2D eigenvalue weighted by Gasteiger charge is 2.16. The first kappa shape index (κ1) is 17.7. The van der Waals surface area contributed by atoms with Crippen LogP contribution in [0.2, 0.25) is 0 Å². The van der Waals surface area contributed by atoms with E-state index in [1.807, 2.05) is 24.3 Å². The fourth-order valence-electron chi connectivity index (χ4n) is 2.71. The normalized spacial score (nSPS) is 11.3. The topological polar surface area (TPSA) is 117 Å². The maximum absolute atomic E-state index is 12.5. The Labute approximate surface area is 160 Å². The van der Waals surface area contributed by atoms with E-state index in [1.54, 1.807) is 12.3 Å². The summed E-state index contributed by atoms with van der Waals surface area (Å²) in [4.78, 5) is 23.3. The number of amides is 1. The number of anilines is 2. The molecule has 1 amide bonds. The van der Waals surface area contributed by atoms with Crippen molar-refractivity contribution in [3.63, 3.8) is 0 Å². The fraction of sp³-hybridized carbons (Fsp3) is 0. The molecule has 0 saturated heterocycles. The van der Waals surface area contributed by atoms with Crippen LogP contribution in [0.5, 0.6) is 0 Å². The first-order chi connectivity index (χ1) is 13.5. The molecule has 8 nitrogen and oxygen atoms in total. The minimum atomic E-state index is -3.82. The zero-order valence-electron chi connectivity index (χ0n) is 14.5. The van der Waals surface area contributed by atoms with E-state index in [4.69, 9.17) is 0 Å². The van der Waals surface area contributed by atoms with Crippen molar-refractivity contribution >= 4 is 38.5 Å². The van der Waals surface area contributed by atoms with Gasteiger partial charge < -0.3 is 10.3 Å². The van der Waals surface area contributed by atoms with Crippen molar-refractivity contribution < 1.29 is 13.2 Å². The second-order valence-corrected chi connectivity index (χ2v) is 7.59. The lowest BCUT2D eigenvalue weighted by molar-refractivity contribution is 0.102. The summed E-state index contributed by atoms with van der Waals surface area (Å²) in [5, 5.41) is 3.58. The van der Waals surface area contributed by atoms with Crippen LogP contribution in [-0.2, 0) is 10.0 Å². The molecule has 0 bridgehead atoms. The summed E-state index contributed by atoms with van der Waals surface area (Å²) >= 11 is 0. The number of aromatic amines is 1. The number of benzene rings is 2. The first-order valence-electron chi connectivity index (χ1n) is 8.30. The highest BCUT2D eigenvalue weighted by atomic mass is 32.2. The molecule has 2 aromatic carbocycles. The molecular weight excluding hydrogens is 378 g/mol. The van der Waals surface area contributed by atoms with E-state index in [2.05, 4.69) is 25.0 Å². The number of para-hydroxylation sites is 1. The van der Waals surface area contributed by atoms with Crippen molar-refractivity contribution in [3.05, 3.63) is 78.8 Å². The molecule has 0 unspecified atom stereocenters. The molecule has 3 N–H and O–H groups in total. The number of nitrogens with zero attached hydrogens (tertiary/aromatic N) is 2. The summed E-state index contributed by atoms with van der Waals surface area (Å²) in [6, 6.07) is 14.9. The molecule has 4 rings (SSSR count). The van der Waals surface area contributed by atoms with Crippen LogP contribution in [-0.4, -0.2) is 29.3 Å². The van der Waals surface area contributed by atoms with E-state index in [1.165, 1.54) is 36.7 Å². The van der Waals surface area contributed by atoms with E-state index in [0.717, 1.165) is 10.9 Å². The molecule has 0 aliphatic carbocycles. The van der Waals surface area contributed by atoms with E-state index in [-0.39, 0.29) is 16.8 Å². The van der Waals surface area contributed by atoms with Crippen molar-refractivity contribution in [3.8, 4) is 0 Å². The van der Waals surface area contributed by atoms with Gasteiger partial charge in [-0.3, -0.25) is 4.79 Å². The first-order valence-corrected chi connectivity index (χ1v) is 9.79. The molecule has 0 spiro atoms. The summed E-state index contributed by atoms with van der Waals surface area (Å²) in [6.07, 6.45) is 4.52. The maximum atomic E-state index is 12.5. The third kappa shape index (κ3) is 3.55. The monoisotopic (exact) mass is 393 g/mol. The molecule has 9 heteroatoms. The van der Waals surface area contributed by atoms with Crippen LogP contribution >= 0.6 is 0 Å². The minimum absolute atomic E-state index is 0.0146. The van der Waals surface area contributed by atoms with Crippen LogP contribution in [0.15, 0.2) is 78.1 Å². The van der Waals surface area contributed by atoms with Crippen LogP contribution < -0.4 is 10.0 Å². The zero-order valence-corrected chi connectivity index (χ0v) is 15.3. The number of sulfonamides is 1. The summed E-state index contributed by atoms with van der Waals surface area (Å²) in [5.41, 5.74) is 1.85. The average molecular weight is 393 g/mol. The highest BCUT2D eigenvalue weighted by Crippen LogP contribution is 2.20. The predicted octanol–water partition coefficient (Wildman–Crippen LogP) is 3.01. The Kier molecular flexibility index (Phi) is 4.50. The van der Waals surface area contributed by atoms with Gasteiger partial charge in [0, 0.05) is 35.2 Å². The van der Waals surface area contributed by atoms with Crippen molar-refractivity contribution in [1.82, 2.24) is 15.0 Å². The van der Waals surface area contributed by atoms with Crippen LogP contribution in [0.1, 0.15) is 10.4 Å². The van der Waals surface area contributed by atoms with E-state index < -0.39 is 10.0 Å². The Bertz CT molecular complexity index is 1240. The van der Waals surface area contributed by atoms with Crippen molar-refractivity contribution in [2.24, 2.45) is 0 Å². The lowest BCUT2D eigenvalue weighted by Gasteiger charge is -2.08. The molecule has 2 heterocycles. The summed E-state index contributed by atoms with van der Waals surface area (Å²) in [7, 11) is -3.82. The number of hydrogen-bond donors (Lipinski definition) is 3. The number of rotatable bonds is 5. The van der Waals surface area contributed by atoms with Crippen LogP contribution in [0.4, 0.5) is 11.6 Å². The van der Waals surface area contributed by atoms with Crippen molar-refractivity contribution in [2.75, 3.05) is 10.0 Å². The standard InChI is InChI=1S/C19H15N5O3S/c25-18(16-12-22-17-5-2-1-4-15(16)17)23-13-6-8-14(9-7-13)28(26,27)24-19-20-10-3-11-21-19/h1-12,22H,(H,23,25)(H,20,21,24). The second kappa shape index (κ2) is 7.12. The minimum Gasteiger partial charge on any atom is -0.360 e. The van der Waals surface area contributed by atoms with Gasteiger partial charge >= 0.3 is 0 Å². The van der Waals surface area contributed by atoms with Crippen LogP contribution in [0, 0.1) is 0 Å². The molecule has 28 heavy (non-hydrogen) atoms. The summed E-state index contributed by atoms with van der Waals surface area (Å²) in [5.74, 6) is -0.303. The van der Waals surface area contributed by atoms with E-state index in [0.29, 0.717) is 11.3 Å². The molecular formula is C19H15N5O3S. The number of fused-ring (bicyclic) bond motifs is 1. The summed E-state index contributed by atoms with van der Waals surface area (Å²) in [6.45, 7) is 0. The van der Waals surface area contributed by atoms with Gasteiger partial charge in [0.25, 0.3) is 15.9 Å². The number of H-pyrrole nitrogens is 1. The quantitative estimate of drug-likeness (QED) is 0.482. The Balaban J connectivity index is 1.51. The largest absolute Gasteiger partial charge is 0.360 e. The van der Waals surface area contributed by atoms with Gasteiger partial charge in [-0.1, -0.05) is 18.2 Å². The van der Waals surface area contributed by atoms with Gasteiger partial charge in [-0.25, -0.2) is 23.1 Å². The zero-order chi connectivity index (χ0) is 19.6. The van der Waals surface area contributed by atoms with Crippen LogP contribution in [0.25, 0.3) is 10.9 Å². The third-order valence-electron chi connectivity index (χ3n) is 4.05. The molecule has 4 aromatic rings. The highest BCUT2D eigenvalue weighted by molar-refractivity contribution is 7.92. The Morgan fingerprint density at radius 3 is 2.39 bits per heavy atom. The lowest BCUT2D eigenvalue weighted by atomic mass is 10.1. The molecule has 0 aliphatic heterocycles. The molecule has 2 aromatic heterocycles. The van der Waals surface area contributed by atoms with Crippen LogP contribution in [0.3, 0.4) is 0 Å². The number of nitrogens with one attached hydrogen (secondary N) is 3. The smallest absolute Gasteiger partial charge is 0.264 e. The number of carbonyl (C=O) groups is 1. The van der Waals surface area contributed by atoms with Gasteiger partial charge in [0.2, 0.25) is 5.95 Å². The van der Waals surface area contributed by atoms with Gasteiger partial charge in [0.05, 0.1) is 10.5 Å². The predicted molar refractivity (Wildman–Crippen MR) is 106 cm³/mol. The third-order valence-corrected chi connectivity index (χ3v) is 5.39. The molecule has 140 valence electrons. The van der Waals surface area contributed by atoms with Gasteiger partial charge in [-0.15, -0.1) is 0 Å². The molecule has 0 radical (unpaired) electrons. The Morgan fingerprint density at radius 1 is 0.929 bits per heavy atom. The molecule has 0 saturated carbocycles. The van der Waals surface area contributed by atoms with E-state index >= 15 is 0 Å². The Hall–Kier alpha value is -3.72. The maximum Gasteiger partial charge on any atom is 0.264 e. The van der Waals surface area contributed by atoms with Gasteiger partial charge in [-0.2, -0.15) is 0 Å². The second-order valence-electron chi connectivity index (χ2n) is 5.90. The van der Waals surface area contributed by atoms with Gasteiger partial charge in [-0.05, 0) is 36.4 Å². The van der Waals surface area contributed by atoms with Gasteiger partial charge in [0.1, 0.15) is 0 Å². The number of carbonyl (C=O) groups excluding carboxylic acids is 1. The van der Waals surface area contributed by atoms with Crippen molar-refractivity contribution in [2.45, 2.75) is 4.90 Å². The summed E-state index contributed by atoms with van der Waals surface area (Å²) < 4.78 is 27.1.